The van der Waals surface area contributed by atoms with Crippen molar-refractivity contribution < 1.29 is 32.6 Å². The summed E-state index contributed by atoms with van der Waals surface area (Å²) in [5.74, 6) is -1.85. The lowest BCUT2D eigenvalue weighted by Gasteiger charge is -2.31. The van der Waals surface area contributed by atoms with Gasteiger partial charge >= 0.3 is 0 Å². The van der Waals surface area contributed by atoms with E-state index in [0.29, 0.717) is 43.6 Å². The van der Waals surface area contributed by atoms with Crippen molar-refractivity contribution in [3.05, 3.63) is 70.3 Å². The van der Waals surface area contributed by atoms with Crippen molar-refractivity contribution in [2.75, 3.05) is 65.7 Å². The number of ketones is 1. The van der Waals surface area contributed by atoms with E-state index in [2.05, 4.69) is 4.90 Å². The molecule has 0 bridgehead atoms. The maximum Gasteiger partial charge on any atom is 0.295 e. The number of nitrogens with zero attached hydrogens (tertiary/aromatic N) is 3. The average molecular weight is 576 g/mol. The minimum atomic E-state index is -3.73. The highest BCUT2D eigenvalue weighted by atomic mass is 35.5. The molecule has 0 unspecified atom stereocenters. The normalized spacial score (nSPS) is 22.9. The number of carbonyl (C=O) groups is 2. The maximum absolute atomic E-state index is 13.3. The Morgan fingerprint density at radius 1 is 0.872 bits per heavy atom. The second-order valence-electron chi connectivity index (χ2n) is 9.54. The monoisotopic (exact) mass is 575 g/mol. The number of halogens is 1. The first-order chi connectivity index (χ1) is 18.8. The van der Waals surface area contributed by atoms with E-state index >= 15 is 0 Å². The number of likely N-dealkylation sites (tertiary alicyclic amines) is 1. The summed E-state index contributed by atoms with van der Waals surface area (Å²) in [4.78, 5) is 30.2. The van der Waals surface area contributed by atoms with E-state index in [4.69, 9.17) is 21.1 Å². The van der Waals surface area contributed by atoms with Gasteiger partial charge in [-0.2, -0.15) is 4.31 Å². The van der Waals surface area contributed by atoms with Crippen LogP contribution in [-0.4, -0.2) is 105 Å². The van der Waals surface area contributed by atoms with E-state index < -0.39 is 27.8 Å². The van der Waals surface area contributed by atoms with Crippen molar-refractivity contribution in [3.63, 3.8) is 0 Å². The van der Waals surface area contributed by atoms with Crippen LogP contribution in [0, 0.1) is 0 Å². The Labute approximate surface area is 232 Å². The Bertz CT molecular complexity index is 1350. The van der Waals surface area contributed by atoms with Gasteiger partial charge in [-0.15, -0.1) is 0 Å². The lowest BCUT2D eigenvalue weighted by Crippen LogP contribution is -2.42. The molecule has 208 valence electrons. The molecule has 2 aromatic carbocycles. The third kappa shape index (κ3) is 5.74. The minimum Gasteiger partial charge on any atom is -0.507 e. The van der Waals surface area contributed by atoms with Gasteiger partial charge in [0, 0.05) is 49.9 Å². The lowest BCUT2D eigenvalue weighted by molar-refractivity contribution is -0.140. The highest BCUT2D eigenvalue weighted by Gasteiger charge is 2.46. The van der Waals surface area contributed by atoms with E-state index in [9.17, 15) is 23.1 Å². The zero-order valence-corrected chi connectivity index (χ0v) is 22.9. The molecule has 2 aromatic rings. The van der Waals surface area contributed by atoms with Gasteiger partial charge in [-0.1, -0.05) is 23.7 Å². The SMILES string of the molecule is O=C1C(=O)N(CCN2CCOCC2)[C@H](c2ccc(Cl)cc2)C1=C(O)c1ccc(S(=O)(=O)N2CCOCC2)cc1. The molecule has 0 spiro atoms. The number of aliphatic hydroxyl groups is 1. The van der Waals surface area contributed by atoms with Crippen LogP contribution in [0.15, 0.2) is 59.0 Å². The van der Waals surface area contributed by atoms with Crippen molar-refractivity contribution in [1.82, 2.24) is 14.1 Å². The Kier molecular flexibility index (Phi) is 8.36. The first kappa shape index (κ1) is 27.8. The van der Waals surface area contributed by atoms with Crippen molar-refractivity contribution in [2.45, 2.75) is 10.9 Å². The molecule has 3 aliphatic rings. The molecule has 10 nitrogen and oxygen atoms in total. The molecular weight excluding hydrogens is 546 g/mol. The summed E-state index contributed by atoms with van der Waals surface area (Å²) in [7, 11) is -3.73. The molecule has 3 saturated heterocycles. The number of amides is 1. The molecule has 0 aromatic heterocycles. The molecule has 1 atom stereocenters. The van der Waals surface area contributed by atoms with E-state index in [1.54, 1.807) is 24.3 Å². The van der Waals surface area contributed by atoms with Crippen molar-refractivity contribution in [2.24, 2.45) is 0 Å². The van der Waals surface area contributed by atoms with Gasteiger partial charge in [-0.05, 0) is 42.0 Å². The van der Waals surface area contributed by atoms with Crippen LogP contribution >= 0.6 is 11.6 Å². The molecule has 0 radical (unpaired) electrons. The van der Waals surface area contributed by atoms with Crippen LogP contribution in [0.1, 0.15) is 17.2 Å². The second-order valence-corrected chi connectivity index (χ2v) is 11.9. The van der Waals surface area contributed by atoms with Gasteiger partial charge in [0.2, 0.25) is 10.0 Å². The van der Waals surface area contributed by atoms with Crippen LogP contribution in [0.3, 0.4) is 0 Å². The van der Waals surface area contributed by atoms with Crippen LogP contribution in [0.2, 0.25) is 5.02 Å². The van der Waals surface area contributed by atoms with Crippen LogP contribution in [0.25, 0.3) is 5.76 Å². The Morgan fingerprint density at radius 3 is 2.08 bits per heavy atom. The number of ether oxygens (including phenoxy) is 2. The number of benzene rings is 2. The average Bonchev–Trinajstić information content (AvgIpc) is 3.22. The van der Waals surface area contributed by atoms with E-state index in [0.717, 1.165) is 13.1 Å². The van der Waals surface area contributed by atoms with Crippen LogP contribution in [0.5, 0.6) is 0 Å². The van der Waals surface area contributed by atoms with Gasteiger partial charge < -0.3 is 19.5 Å². The third-order valence-electron chi connectivity index (χ3n) is 7.22. The molecule has 3 fully saturated rings. The number of carbonyl (C=O) groups excluding carboxylic acids is 2. The summed E-state index contributed by atoms with van der Waals surface area (Å²) in [6.45, 7) is 4.69. The number of morpholine rings is 2. The zero-order valence-electron chi connectivity index (χ0n) is 21.3. The van der Waals surface area contributed by atoms with Gasteiger partial charge in [0.1, 0.15) is 5.76 Å². The molecule has 0 aliphatic carbocycles. The number of Topliss-reactive ketones (excluding diaryl/α,β-unsaturated/α-hetero) is 1. The molecule has 1 N–H and O–H groups in total. The minimum absolute atomic E-state index is 0.0481. The van der Waals surface area contributed by atoms with E-state index in [1.165, 1.54) is 33.5 Å². The number of sulfonamides is 1. The van der Waals surface area contributed by atoms with Gasteiger partial charge in [0.25, 0.3) is 11.7 Å². The first-order valence-corrected chi connectivity index (χ1v) is 14.6. The molecule has 39 heavy (non-hydrogen) atoms. The Hall–Kier alpha value is -2.80. The summed E-state index contributed by atoms with van der Waals surface area (Å²) in [5.41, 5.74) is 0.822. The molecule has 5 rings (SSSR count). The smallest absolute Gasteiger partial charge is 0.295 e. The summed E-state index contributed by atoms with van der Waals surface area (Å²) >= 11 is 6.09. The van der Waals surface area contributed by atoms with Crippen molar-refractivity contribution >= 4 is 39.1 Å². The summed E-state index contributed by atoms with van der Waals surface area (Å²) < 4.78 is 38.0. The molecule has 3 heterocycles. The molecular formula is C27H30ClN3O7S. The number of aliphatic hydroxyl groups excluding tert-OH is 1. The van der Waals surface area contributed by atoms with E-state index in [-0.39, 0.29) is 41.4 Å². The standard InChI is InChI=1S/C27H30ClN3O7S/c28-21-5-1-19(2-6-21)24-23(26(33)27(34)31(24)10-9-29-11-15-37-16-12-29)25(32)20-3-7-22(8-4-20)39(35,36)30-13-17-38-18-14-30/h1-8,24,32H,9-18H2/t24-/m1/s1. The van der Waals surface area contributed by atoms with Crippen LogP contribution in [0.4, 0.5) is 0 Å². The summed E-state index contributed by atoms with van der Waals surface area (Å²) in [6.07, 6.45) is 0. The number of hydrogen-bond acceptors (Lipinski definition) is 8. The highest BCUT2D eigenvalue weighted by Crippen LogP contribution is 2.39. The molecule has 3 aliphatic heterocycles. The van der Waals surface area contributed by atoms with Gasteiger partial charge in [0.15, 0.2) is 0 Å². The van der Waals surface area contributed by atoms with Gasteiger partial charge in [0.05, 0.1) is 42.9 Å². The topological polar surface area (TPSA) is 117 Å². The lowest BCUT2D eigenvalue weighted by atomic mass is 9.95. The third-order valence-corrected chi connectivity index (χ3v) is 9.39. The predicted molar refractivity (Wildman–Crippen MR) is 144 cm³/mol. The number of hydrogen-bond donors (Lipinski definition) is 1. The van der Waals surface area contributed by atoms with Gasteiger partial charge in [-0.25, -0.2) is 8.42 Å². The largest absolute Gasteiger partial charge is 0.507 e. The zero-order chi connectivity index (χ0) is 27.6. The second kappa shape index (κ2) is 11.7. The molecule has 12 heteroatoms. The van der Waals surface area contributed by atoms with Crippen LogP contribution in [-0.2, 0) is 29.1 Å². The van der Waals surface area contributed by atoms with Gasteiger partial charge in [-0.3, -0.25) is 14.5 Å². The van der Waals surface area contributed by atoms with E-state index in [1.807, 2.05) is 0 Å². The molecule has 1 amide bonds. The van der Waals surface area contributed by atoms with Crippen molar-refractivity contribution in [3.8, 4) is 0 Å². The fraction of sp³-hybridized carbons (Fsp3) is 0.407. The Morgan fingerprint density at radius 2 is 1.46 bits per heavy atom. The number of rotatable bonds is 7. The highest BCUT2D eigenvalue weighted by molar-refractivity contribution is 7.89. The predicted octanol–water partition coefficient (Wildman–Crippen LogP) is 2.11. The summed E-state index contributed by atoms with van der Waals surface area (Å²) in [5, 5.41) is 11.8. The summed E-state index contributed by atoms with van der Waals surface area (Å²) in [6, 6.07) is 11.7. The fourth-order valence-electron chi connectivity index (χ4n) is 5.05. The van der Waals surface area contributed by atoms with Crippen molar-refractivity contribution in [1.29, 1.82) is 0 Å². The van der Waals surface area contributed by atoms with Crippen LogP contribution < -0.4 is 0 Å². The fourth-order valence-corrected chi connectivity index (χ4v) is 6.59. The maximum atomic E-state index is 13.3. The quantitative estimate of drug-likeness (QED) is 0.303. The first-order valence-electron chi connectivity index (χ1n) is 12.8. The molecule has 0 saturated carbocycles. The Balaban J connectivity index is 1.47.